The standard InChI is InChI=1S/C22H20N2O3S/c1-23-19(25)13-27-22(26)20-16-8-2-3-10-18(16)24-21-14(6-4-9-17(20)21)12-15-7-5-11-28-15/h2-3,5,7-8,10-12H,4,6,9,13H2,1H3,(H,23,25)/b14-12-. The average molecular weight is 392 g/mol. The van der Waals surface area contributed by atoms with Gasteiger partial charge < -0.3 is 10.1 Å². The first-order valence-corrected chi connectivity index (χ1v) is 10.1. The molecular weight excluding hydrogens is 372 g/mol. The minimum absolute atomic E-state index is 0.293. The fourth-order valence-corrected chi connectivity index (χ4v) is 4.21. The average Bonchev–Trinajstić information content (AvgIpc) is 3.23. The Morgan fingerprint density at radius 1 is 1.21 bits per heavy atom. The van der Waals surface area contributed by atoms with E-state index in [1.165, 1.54) is 11.9 Å². The molecule has 6 heteroatoms. The lowest BCUT2D eigenvalue weighted by Gasteiger charge is -2.22. The number of carbonyl (C=O) groups excluding carboxylic acids is 2. The number of pyridine rings is 1. The Bertz CT molecular complexity index is 1070. The van der Waals surface area contributed by atoms with E-state index >= 15 is 0 Å². The molecule has 2 aromatic heterocycles. The van der Waals surface area contributed by atoms with Crippen molar-refractivity contribution in [1.82, 2.24) is 10.3 Å². The van der Waals surface area contributed by atoms with Gasteiger partial charge in [-0.2, -0.15) is 0 Å². The number of amides is 1. The van der Waals surface area contributed by atoms with Crippen molar-refractivity contribution in [2.24, 2.45) is 0 Å². The number of ether oxygens (including phenoxy) is 1. The molecule has 5 nitrogen and oxygen atoms in total. The molecule has 1 amide bonds. The van der Waals surface area contributed by atoms with Crippen molar-refractivity contribution in [3.05, 3.63) is 63.5 Å². The van der Waals surface area contributed by atoms with Gasteiger partial charge in [-0.05, 0) is 54.0 Å². The van der Waals surface area contributed by atoms with Gasteiger partial charge in [-0.15, -0.1) is 11.3 Å². The number of esters is 1. The number of hydrogen-bond acceptors (Lipinski definition) is 5. The van der Waals surface area contributed by atoms with Crippen LogP contribution < -0.4 is 5.32 Å². The largest absolute Gasteiger partial charge is 0.452 e. The summed E-state index contributed by atoms with van der Waals surface area (Å²) >= 11 is 1.68. The summed E-state index contributed by atoms with van der Waals surface area (Å²) in [5.41, 5.74) is 4.20. The monoisotopic (exact) mass is 392 g/mol. The maximum Gasteiger partial charge on any atom is 0.339 e. The van der Waals surface area contributed by atoms with E-state index in [0.717, 1.165) is 47.0 Å². The highest BCUT2D eigenvalue weighted by molar-refractivity contribution is 7.10. The van der Waals surface area contributed by atoms with Gasteiger partial charge in [0.25, 0.3) is 5.91 Å². The van der Waals surface area contributed by atoms with Crippen LogP contribution >= 0.6 is 11.3 Å². The van der Waals surface area contributed by atoms with E-state index in [0.29, 0.717) is 5.56 Å². The van der Waals surface area contributed by atoms with Crippen LogP contribution in [-0.2, 0) is 16.0 Å². The summed E-state index contributed by atoms with van der Waals surface area (Å²) in [6.07, 6.45) is 4.78. The van der Waals surface area contributed by atoms with E-state index in [2.05, 4.69) is 17.5 Å². The normalized spacial score (nSPS) is 14.7. The number of benzene rings is 1. The molecule has 0 aliphatic heterocycles. The van der Waals surface area contributed by atoms with Crippen LogP contribution in [0.1, 0.15) is 39.3 Å². The van der Waals surface area contributed by atoms with Crippen LogP contribution in [0.4, 0.5) is 0 Å². The van der Waals surface area contributed by atoms with Gasteiger partial charge >= 0.3 is 5.97 Å². The minimum Gasteiger partial charge on any atom is -0.452 e. The predicted octanol–water partition coefficient (Wildman–Crippen LogP) is 4.08. The first-order chi connectivity index (χ1) is 13.7. The van der Waals surface area contributed by atoms with Gasteiger partial charge in [0.15, 0.2) is 6.61 Å². The Morgan fingerprint density at radius 2 is 2.07 bits per heavy atom. The number of thiophene rings is 1. The molecule has 0 atom stereocenters. The zero-order chi connectivity index (χ0) is 19.5. The quantitative estimate of drug-likeness (QED) is 0.680. The molecule has 0 bridgehead atoms. The van der Waals surface area contributed by atoms with Gasteiger partial charge in [-0.3, -0.25) is 4.79 Å². The fourth-order valence-electron chi connectivity index (χ4n) is 3.53. The summed E-state index contributed by atoms with van der Waals surface area (Å²) in [6, 6.07) is 11.7. The SMILES string of the molecule is CNC(=O)COC(=O)c1c2c(nc3ccccc13)/C(=C\c1cccs1)CCC2. The lowest BCUT2D eigenvalue weighted by atomic mass is 9.86. The molecule has 0 saturated carbocycles. The van der Waals surface area contributed by atoms with Gasteiger partial charge in [0.1, 0.15) is 0 Å². The number of nitrogens with zero attached hydrogens (tertiary/aromatic N) is 1. The zero-order valence-corrected chi connectivity index (χ0v) is 16.3. The number of para-hydroxylation sites is 1. The number of fused-ring (bicyclic) bond motifs is 2. The van der Waals surface area contributed by atoms with Crippen LogP contribution in [0.2, 0.25) is 0 Å². The first-order valence-electron chi connectivity index (χ1n) is 9.21. The molecule has 3 aromatic rings. The third kappa shape index (κ3) is 3.55. The first kappa shape index (κ1) is 18.4. The van der Waals surface area contributed by atoms with E-state index in [9.17, 15) is 9.59 Å². The highest BCUT2D eigenvalue weighted by Crippen LogP contribution is 2.36. The molecule has 2 heterocycles. The molecule has 0 saturated heterocycles. The van der Waals surface area contributed by atoms with Crippen molar-refractivity contribution in [2.75, 3.05) is 13.7 Å². The van der Waals surface area contributed by atoms with Crippen molar-refractivity contribution in [3.8, 4) is 0 Å². The van der Waals surface area contributed by atoms with Gasteiger partial charge in [-0.1, -0.05) is 24.3 Å². The minimum atomic E-state index is -0.476. The predicted molar refractivity (Wildman–Crippen MR) is 111 cm³/mol. The summed E-state index contributed by atoms with van der Waals surface area (Å²) in [7, 11) is 1.52. The van der Waals surface area contributed by atoms with E-state index < -0.39 is 5.97 Å². The van der Waals surface area contributed by atoms with E-state index in [1.807, 2.05) is 35.7 Å². The summed E-state index contributed by atoms with van der Waals surface area (Å²) in [5, 5.41) is 5.28. The molecule has 4 rings (SSSR count). The molecule has 142 valence electrons. The Hall–Kier alpha value is -2.99. The summed E-state index contributed by atoms with van der Waals surface area (Å²) in [5.74, 6) is -0.810. The highest BCUT2D eigenvalue weighted by Gasteiger charge is 2.26. The van der Waals surface area contributed by atoms with Crippen molar-refractivity contribution in [1.29, 1.82) is 0 Å². The third-order valence-corrected chi connectivity index (χ3v) is 5.67. The number of aromatic nitrogens is 1. The molecule has 1 aliphatic rings. The Kier molecular flexibility index (Phi) is 5.21. The highest BCUT2D eigenvalue weighted by atomic mass is 32.1. The van der Waals surface area contributed by atoms with Gasteiger partial charge in [0.2, 0.25) is 0 Å². The van der Waals surface area contributed by atoms with Crippen LogP contribution in [0.5, 0.6) is 0 Å². The van der Waals surface area contributed by atoms with Crippen LogP contribution in [0.25, 0.3) is 22.6 Å². The third-order valence-electron chi connectivity index (χ3n) is 4.85. The van der Waals surface area contributed by atoms with Crippen LogP contribution in [0.3, 0.4) is 0 Å². The maximum atomic E-state index is 12.9. The summed E-state index contributed by atoms with van der Waals surface area (Å²) in [6.45, 7) is -0.293. The molecule has 1 aliphatic carbocycles. The molecule has 28 heavy (non-hydrogen) atoms. The van der Waals surface area contributed by atoms with Crippen LogP contribution in [0, 0.1) is 0 Å². The lowest BCUT2D eigenvalue weighted by Crippen LogP contribution is -2.26. The second-order valence-electron chi connectivity index (χ2n) is 6.62. The topological polar surface area (TPSA) is 68.3 Å². The van der Waals surface area contributed by atoms with E-state index in [1.54, 1.807) is 11.3 Å². The van der Waals surface area contributed by atoms with Gasteiger partial charge in [-0.25, -0.2) is 9.78 Å². The Labute approximate surface area is 167 Å². The Morgan fingerprint density at radius 3 is 2.86 bits per heavy atom. The van der Waals surface area contributed by atoms with Gasteiger partial charge in [0.05, 0.1) is 16.8 Å². The number of hydrogen-bond donors (Lipinski definition) is 1. The molecular formula is C22H20N2O3S. The van der Waals surface area contributed by atoms with Crippen molar-refractivity contribution < 1.29 is 14.3 Å². The Balaban J connectivity index is 1.84. The smallest absolute Gasteiger partial charge is 0.339 e. The lowest BCUT2D eigenvalue weighted by molar-refractivity contribution is -0.123. The molecule has 0 spiro atoms. The second kappa shape index (κ2) is 7.94. The maximum absolute atomic E-state index is 12.9. The molecule has 0 unspecified atom stereocenters. The van der Waals surface area contributed by atoms with Crippen molar-refractivity contribution in [3.63, 3.8) is 0 Å². The summed E-state index contributed by atoms with van der Waals surface area (Å²) < 4.78 is 5.30. The number of likely N-dealkylation sites (N-methyl/N-ethyl adjacent to an activating group) is 1. The van der Waals surface area contributed by atoms with Crippen molar-refractivity contribution >= 4 is 45.8 Å². The van der Waals surface area contributed by atoms with Crippen molar-refractivity contribution in [2.45, 2.75) is 19.3 Å². The molecule has 0 fully saturated rings. The number of allylic oxidation sites excluding steroid dienone is 1. The molecule has 1 aromatic carbocycles. The van der Waals surface area contributed by atoms with Crippen LogP contribution in [-0.4, -0.2) is 30.5 Å². The number of carbonyl (C=O) groups is 2. The molecule has 0 radical (unpaired) electrons. The van der Waals surface area contributed by atoms with Crippen LogP contribution in [0.15, 0.2) is 41.8 Å². The van der Waals surface area contributed by atoms with E-state index in [4.69, 9.17) is 9.72 Å². The zero-order valence-electron chi connectivity index (χ0n) is 15.5. The second-order valence-corrected chi connectivity index (χ2v) is 7.60. The summed E-state index contributed by atoms with van der Waals surface area (Å²) in [4.78, 5) is 30.5. The van der Waals surface area contributed by atoms with E-state index in [-0.39, 0.29) is 12.5 Å². The number of rotatable bonds is 4. The van der Waals surface area contributed by atoms with Gasteiger partial charge in [0, 0.05) is 17.3 Å². The fraction of sp³-hybridized carbons (Fsp3) is 0.227. The molecule has 1 N–H and O–H groups in total. The number of nitrogens with one attached hydrogen (secondary N) is 1.